The topological polar surface area (TPSA) is 86.6 Å². The maximum absolute atomic E-state index is 13.4. The van der Waals surface area contributed by atoms with Gasteiger partial charge in [0, 0.05) is 0 Å². The minimum Gasteiger partial charge on any atom is -0.479 e. The molecule has 98 valence electrons. The van der Waals surface area contributed by atoms with Crippen LogP contribution in [0.3, 0.4) is 0 Å². The molecule has 18 heavy (non-hydrogen) atoms. The highest BCUT2D eigenvalue weighted by Gasteiger charge is 2.30. The molecule has 0 fully saturated rings. The molecule has 1 aromatic carbocycles. The highest BCUT2D eigenvalue weighted by molar-refractivity contribution is 5.95. The smallest absolute Gasteiger partial charge is 0.337 e. The Morgan fingerprint density at radius 2 is 2.06 bits per heavy atom. The summed E-state index contributed by atoms with van der Waals surface area (Å²) < 4.78 is 13.4. The SMILES string of the molecule is Cc1ccc(F)c(C(=O)NCC(C)(O)C(=O)O)c1. The van der Waals surface area contributed by atoms with Gasteiger partial charge < -0.3 is 15.5 Å². The van der Waals surface area contributed by atoms with Gasteiger partial charge in [-0.05, 0) is 26.0 Å². The zero-order valence-electron chi connectivity index (χ0n) is 10.0. The summed E-state index contributed by atoms with van der Waals surface area (Å²) in [6.07, 6.45) is 0. The molecule has 0 saturated carbocycles. The number of rotatable bonds is 4. The van der Waals surface area contributed by atoms with E-state index in [0.717, 1.165) is 13.0 Å². The van der Waals surface area contributed by atoms with Crippen LogP contribution in [0, 0.1) is 12.7 Å². The first-order valence-corrected chi connectivity index (χ1v) is 5.24. The summed E-state index contributed by atoms with van der Waals surface area (Å²) in [5.41, 5.74) is -1.57. The van der Waals surface area contributed by atoms with Crippen molar-refractivity contribution >= 4 is 11.9 Å². The normalized spacial score (nSPS) is 13.8. The van der Waals surface area contributed by atoms with Crippen LogP contribution in [0.5, 0.6) is 0 Å². The van der Waals surface area contributed by atoms with Crippen LogP contribution in [0.1, 0.15) is 22.8 Å². The van der Waals surface area contributed by atoms with Crippen LogP contribution >= 0.6 is 0 Å². The molecule has 0 aliphatic carbocycles. The van der Waals surface area contributed by atoms with Gasteiger partial charge in [0.25, 0.3) is 5.91 Å². The van der Waals surface area contributed by atoms with Crippen LogP contribution in [0.15, 0.2) is 18.2 Å². The fourth-order valence-corrected chi connectivity index (χ4v) is 1.24. The molecular weight excluding hydrogens is 241 g/mol. The Balaban J connectivity index is 2.78. The van der Waals surface area contributed by atoms with E-state index >= 15 is 0 Å². The summed E-state index contributed by atoms with van der Waals surface area (Å²) in [5, 5.41) is 20.2. The number of benzene rings is 1. The quantitative estimate of drug-likeness (QED) is 0.739. The van der Waals surface area contributed by atoms with Crippen molar-refractivity contribution in [3.05, 3.63) is 35.1 Å². The third kappa shape index (κ3) is 3.27. The van der Waals surface area contributed by atoms with Gasteiger partial charge in [-0.2, -0.15) is 0 Å². The van der Waals surface area contributed by atoms with Crippen molar-refractivity contribution in [1.29, 1.82) is 0 Å². The Hall–Kier alpha value is -1.95. The number of aryl methyl sites for hydroxylation is 1. The molecule has 1 aromatic rings. The van der Waals surface area contributed by atoms with E-state index in [1.165, 1.54) is 12.1 Å². The van der Waals surface area contributed by atoms with Crippen molar-refractivity contribution in [2.45, 2.75) is 19.4 Å². The maximum atomic E-state index is 13.4. The van der Waals surface area contributed by atoms with Crippen LogP contribution in [0.4, 0.5) is 4.39 Å². The van der Waals surface area contributed by atoms with Crippen LogP contribution in [0.25, 0.3) is 0 Å². The highest BCUT2D eigenvalue weighted by atomic mass is 19.1. The lowest BCUT2D eigenvalue weighted by Gasteiger charge is -2.18. The predicted molar refractivity (Wildman–Crippen MR) is 61.7 cm³/mol. The highest BCUT2D eigenvalue weighted by Crippen LogP contribution is 2.10. The fraction of sp³-hybridized carbons (Fsp3) is 0.333. The third-order valence-corrected chi connectivity index (χ3v) is 2.42. The number of carboxylic acids is 1. The molecule has 1 unspecified atom stereocenters. The summed E-state index contributed by atoms with van der Waals surface area (Å²) in [5.74, 6) is -2.93. The maximum Gasteiger partial charge on any atom is 0.337 e. The monoisotopic (exact) mass is 255 g/mol. The Morgan fingerprint density at radius 3 is 2.61 bits per heavy atom. The minimum atomic E-state index is -2.09. The third-order valence-electron chi connectivity index (χ3n) is 2.42. The van der Waals surface area contributed by atoms with E-state index in [0.29, 0.717) is 5.56 Å². The lowest BCUT2D eigenvalue weighted by molar-refractivity contribution is -0.155. The number of hydrogen-bond acceptors (Lipinski definition) is 3. The van der Waals surface area contributed by atoms with E-state index in [2.05, 4.69) is 5.32 Å². The predicted octanol–water partition coefficient (Wildman–Crippen LogP) is 0.700. The van der Waals surface area contributed by atoms with E-state index in [-0.39, 0.29) is 5.56 Å². The van der Waals surface area contributed by atoms with E-state index in [9.17, 15) is 19.1 Å². The van der Waals surface area contributed by atoms with Crippen molar-refractivity contribution in [1.82, 2.24) is 5.32 Å². The minimum absolute atomic E-state index is 0.184. The molecule has 0 radical (unpaired) electrons. The van der Waals surface area contributed by atoms with E-state index < -0.39 is 29.8 Å². The molecule has 1 amide bonds. The molecule has 1 atom stereocenters. The number of nitrogens with one attached hydrogen (secondary N) is 1. The summed E-state index contributed by atoms with van der Waals surface area (Å²) in [7, 11) is 0. The van der Waals surface area contributed by atoms with Gasteiger partial charge in [0.2, 0.25) is 0 Å². The lowest BCUT2D eigenvalue weighted by atomic mass is 10.1. The lowest BCUT2D eigenvalue weighted by Crippen LogP contribution is -2.46. The van der Waals surface area contributed by atoms with Gasteiger partial charge in [-0.3, -0.25) is 4.79 Å². The van der Waals surface area contributed by atoms with E-state index in [4.69, 9.17) is 5.11 Å². The molecule has 1 rings (SSSR count). The average molecular weight is 255 g/mol. The van der Waals surface area contributed by atoms with Gasteiger partial charge >= 0.3 is 5.97 Å². The second kappa shape index (κ2) is 5.14. The standard InChI is InChI=1S/C12H14FNO4/c1-7-3-4-9(13)8(5-7)10(15)14-6-12(2,18)11(16)17/h3-5,18H,6H2,1-2H3,(H,14,15)(H,16,17). The number of aliphatic carboxylic acids is 1. The molecular formula is C12H14FNO4. The van der Waals surface area contributed by atoms with Crippen molar-refractivity contribution in [2.24, 2.45) is 0 Å². The van der Waals surface area contributed by atoms with Gasteiger partial charge in [-0.1, -0.05) is 11.6 Å². The molecule has 0 bridgehead atoms. The van der Waals surface area contributed by atoms with Crippen LogP contribution in [-0.4, -0.2) is 34.2 Å². The molecule has 0 spiro atoms. The average Bonchev–Trinajstić information content (AvgIpc) is 2.29. The van der Waals surface area contributed by atoms with Gasteiger partial charge in [0.1, 0.15) is 5.82 Å². The van der Waals surface area contributed by atoms with Gasteiger partial charge in [-0.15, -0.1) is 0 Å². The summed E-state index contributed by atoms with van der Waals surface area (Å²) in [6, 6.07) is 4.01. The first kappa shape index (κ1) is 14.1. The Kier molecular flexibility index (Phi) is 4.03. The van der Waals surface area contributed by atoms with Gasteiger partial charge in [0.15, 0.2) is 5.60 Å². The number of amides is 1. The Morgan fingerprint density at radius 1 is 1.44 bits per heavy atom. The number of aliphatic hydroxyl groups is 1. The van der Waals surface area contributed by atoms with Gasteiger partial charge in [-0.25, -0.2) is 9.18 Å². The summed E-state index contributed by atoms with van der Waals surface area (Å²) in [6.45, 7) is 2.24. The number of carbonyl (C=O) groups is 2. The van der Waals surface area contributed by atoms with Crippen LogP contribution in [0.2, 0.25) is 0 Å². The zero-order valence-corrected chi connectivity index (χ0v) is 10.0. The number of hydrogen-bond donors (Lipinski definition) is 3. The molecule has 6 heteroatoms. The summed E-state index contributed by atoms with van der Waals surface area (Å²) >= 11 is 0. The van der Waals surface area contributed by atoms with Gasteiger partial charge in [0.05, 0.1) is 12.1 Å². The van der Waals surface area contributed by atoms with Crippen molar-refractivity contribution in [3.8, 4) is 0 Å². The second-order valence-corrected chi connectivity index (χ2v) is 4.24. The molecule has 0 heterocycles. The molecule has 3 N–H and O–H groups in total. The fourth-order valence-electron chi connectivity index (χ4n) is 1.24. The molecule has 0 aromatic heterocycles. The number of carbonyl (C=O) groups excluding carboxylic acids is 1. The van der Waals surface area contributed by atoms with E-state index in [1.54, 1.807) is 6.92 Å². The molecule has 0 aliphatic rings. The van der Waals surface area contributed by atoms with Crippen LogP contribution < -0.4 is 5.32 Å². The molecule has 5 nitrogen and oxygen atoms in total. The Bertz CT molecular complexity index is 485. The number of carboxylic acid groups (broad SMARTS) is 1. The van der Waals surface area contributed by atoms with Crippen molar-refractivity contribution in [3.63, 3.8) is 0 Å². The van der Waals surface area contributed by atoms with Crippen molar-refractivity contribution < 1.29 is 24.2 Å². The number of halogens is 1. The zero-order chi connectivity index (χ0) is 13.9. The Labute approximate surface area is 103 Å². The first-order valence-electron chi connectivity index (χ1n) is 5.24. The van der Waals surface area contributed by atoms with Crippen LogP contribution in [-0.2, 0) is 4.79 Å². The van der Waals surface area contributed by atoms with E-state index in [1.807, 2.05) is 0 Å². The molecule has 0 aliphatic heterocycles. The molecule has 0 saturated heterocycles. The van der Waals surface area contributed by atoms with Crippen molar-refractivity contribution in [2.75, 3.05) is 6.54 Å². The first-order chi connectivity index (χ1) is 8.24. The summed E-state index contributed by atoms with van der Waals surface area (Å²) in [4.78, 5) is 22.2. The largest absolute Gasteiger partial charge is 0.479 e. The second-order valence-electron chi connectivity index (χ2n) is 4.24.